The number of hydrogen-bond acceptors (Lipinski definition) is 3. The summed E-state index contributed by atoms with van der Waals surface area (Å²) in [5, 5.41) is 0.635. The van der Waals surface area contributed by atoms with E-state index in [-0.39, 0.29) is 11.5 Å². The van der Waals surface area contributed by atoms with Crippen LogP contribution in [0.5, 0.6) is 5.75 Å². The molecule has 0 atom stereocenters. The first-order valence-corrected chi connectivity index (χ1v) is 11.7. The van der Waals surface area contributed by atoms with Crippen LogP contribution in [0, 0.1) is 0 Å². The molecule has 6 heteroatoms. The lowest BCUT2D eigenvalue weighted by atomic mass is 10.3. The molecule has 0 aliphatic heterocycles. The van der Waals surface area contributed by atoms with Gasteiger partial charge in [-0.2, -0.15) is 0 Å². The predicted molar refractivity (Wildman–Crippen MR) is 110 cm³/mol. The number of carbonyl (C=O) groups excluding carboxylic acids is 1. The van der Waals surface area contributed by atoms with Crippen molar-refractivity contribution in [3.05, 3.63) is 29.1 Å². The summed E-state index contributed by atoms with van der Waals surface area (Å²) in [6.07, 6.45) is 2.09. The summed E-state index contributed by atoms with van der Waals surface area (Å²) in [5.74, 6) is 1.10. The van der Waals surface area contributed by atoms with Gasteiger partial charge in [-0.05, 0) is 28.9 Å². The Morgan fingerprint density at radius 3 is 2.08 bits per heavy atom. The fraction of sp³-hybridized carbons (Fsp3) is 0.550. The number of rotatable bonds is 7. The van der Waals surface area contributed by atoms with Gasteiger partial charge < -0.3 is 13.4 Å². The number of Topliss-reactive ketones (excluding diaryl/α,β-unsaturated/α-hetero) is 1. The van der Waals surface area contributed by atoms with Gasteiger partial charge in [0.05, 0.1) is 17.8 Å². The van der Waals surface area contributed by atoms with Gasteiger partial charge >= 0.3 is 0 Å². The molecule has 0 N–H and O–H groups in total. The first-order valence-electron chi connectivity index (χ1n) is 9.15. The molecule has 0 saturated heterocycles. The number of ketones is 1. The molecule has 0 unspecified atom stereocenters. The summed E-state index contributed by atoms with van der Waals surface area (Å²) >= 11 is 6.60. The van der Waals surface area contributed by atoms with E-state index in [1.807, 2.05) is 6.07 Å². The Labute approximate surface area is 162 Å². The molecule has 144 valence electrons. The molecule has 0 aliphatic carbocycles. The average Bonchev–Trinajstić information content (AvgIpc) is 3.10. The largest absolute Gasteiger partial charge is 0.493 e. The molecule has 2 aromatic rings. The lowest BCUT2D eigenvalue weighted by molar-refractivity contribution is 0.0984. The third-order valence-electron chi connectivity index (χ3n) is 5.50. The number of nitrogens with zero attached hydrogens (tertiary/aromatic N) is 1. The maximum atomic E-state index is 11.9. The molecule has 2 aromatic heterocycles. The number of carbonyl (C=O) groups is 1. The zero-order valence-electron chi connectivity index (χ0n) is 17.0. The highest BCUT2D eigenvalue weighted by Gasteiger charge is 2.46. The fourth-order valence-electron chi connectivity index (χ4n) is 4.69. The Morgan fingerprint density at radius 1 is 1.15 bits per heavy atom. The summed E-state index contributed by atoms with van der Waals surface area (Å²) < 4.78 is 13.6. The Balaban J connectivity index is 2.79. The highest BCUT2D eigenvalue weighted by atomic mass is 35.5. The minimum absolute atomic E-state index is 0.164. The summed E-state index contributed by atoms with van der Waals surface area (Å²) in [4.78, 5) is 11.9. The molecule has 0 amide bonds. The second-order valence-corrected chi connectivity index (χ2v) is 13.9. The topological polar surface area (TPSA) is 44.4 Å². The molecular formula is C20H30ClNO3Si. The van der Waals surface area contributed by atoms with Crippen molar-refractivity contribution >= 4 is 25.6 Å². The molecule has 0 aliphatic rings. The number of methoxy groups -OCH3 is 1. The maximum absolute atomic E-state index is 11.9. The average molecular weight is 396 g/mol. The number of furan rings is 1. The van der Waals surface area contributed by atoms with E-state index < -0.39 is 8.24 Å². The molecule has 0 fully saturated rings. The van der Waals surface area contributed by atoms with Crippen LogP contribution in [-0.4, -0.2) is 25.4 Å². The molecule has 0 radical (unpaired) electrons. The summed E-state index contributed by atoms with van der Waals surface area (Å²) in [6.45, 7) is 15.3. The maximum Gasteiger partial charge on any atom is 0.212 e. The zero-order valence-corrected chi connectivity index (χ0v) is 18.8. The van der Waals surface area contributed by atoms with Crippen LogP contribution in [0.25, 0.3) is 11.5 Å². The lowest BCUT2D eigenvalue weighted by Crippen LogP contribution is -2.52. The first kappa shape index (κ1) is 20.8. The zero-order chi connectivity index (χ0) is 19.8. The molecule has 26 heavy (non-hydrogen) atoms. The molecule has 0 aromatic carbocycles. The van der Waals surface area contributed by atoms with Crippen molar-refractivity contribution in [3.8, 4) is 17.2 Å². The normalized spacial score (nSPS) is 12.5. The van der Waals surface area contributed by atoms with Crippen molar-refractivity contribution in [1.29, 1.82) is 0 Å². The molecule has 2 heterocycles. The van der Waals surface area contributed by atoms with Gasteiger partial charge in [0.2, 0.25) is 5.76 Å². The van der Waals surface area contributed by atoms with E-state index >= 15 is 0 Å². The molecule has 0 bridgehead atoms. The number of ether oxygens (including phenoxy) is 1. The molecule has 4 nitrogen and oxygen atoms in total. The van der Waals surface area contributed by atoms with Gasteiger partial charge in [-0.25, -0.2) is 0 Å². The molecule has 0 spiro atoms. The number of halogens is 1. The van der Waals surface area contributed by atoms with Crippen molar-refractivity contribution < 1.29 is 13.9 Å². The third kappa shape index (κ3) is 3.16. The second-order valence-electron chi connectivity index (χ2n) is 7.80. The van der Waals surface area contributed by atoms with E-state index in [4.69, 9.17) is 20.8 Å². The monoisotopic (exact) mass is 395 g/mol. The van der Waals surface area contributed by atoms with E-state index in [1.165, 1.54) is 14.0 Å². The van der Waals surface area contributed by atoms with Crippen molar-refractivity contribution in [1.82, 2.24) is 4.23 Å². The lowest BCUT2D eigenvalue weighted by Gasteiger charge is -2.45. The van der Waals surface area contributed by atoms with Gasteiger partial charge in [-0.15, -0.1) is 0 Å². The van der Waals surface area contributed by atoms with E-state index in [9.17, 15) is 4.79 Å². The van der Waals surface area contributed by atoms with Crippen LogP contribution in [0.15, 0.2) is 22.7 Å². The minimum atomic E-state index is -2.01. The van der Waals surface area contributed by atoms with Crippen LogP contribution < -0.4 is 4.74 Å². The quantitative estimate of drug-likeness (QED) is 0.390. The first-order chi connectivity index (χ1) is 12.1. The number of aromatic nitrogens is 1. The Kier molecular flexibility index (Phi) is 6.13. The molecule has 2 rings (SSSR count). The van der Waals surface area contributed by atoms with E-state index in [2.05, 4.69) is 52.0 Å². The second kappa shape index (κ2) is 7.65. The summed E-state index contributed by atoms with van der Waals surface area (Å²) in [7, 11) is -0.470. The Morgan fingerprint density at radius 2 is 1.69 bits per heavy atom. The fourth-order valence-corrected chi connectivity index (χ4v) is 11.6. The van der Waals surface area contributed by atoms with Crippen LogP contribution in [0.2, 0.25) is 21.6 Å². The smallest absolute Gasteiger partial charge is 0.212 e. The van der Waals surface area contributed by atoms with E-state index in [0.29, 0.717) is 33.2 Å². The van der Waals surface area contributed by atoms with Crippen LogP contribution in [0.4, 0.5) is 0 Å². The predicted octanol–water partition coefficient (Wildman–Crippen LogP) is 6.64. The van der Waals surface area contributed by atoms with Gasteiger partial charge in [-0.3, -0.25) is 4.79 Å². The van der Waals surface area contributed by atoms with Crippen LogP contribution in [-0.2, 0) is 0 Å². The van der Waals surface area contributed by atoms with Gasteiger partial charge in [0.25, 0.3) is 0 Å². The van der Waals surface area contributed by atoms with Gasteiger partial charge in [-0.1, -0.05) is 53.1 Å². The molecular weight excluding hydrogens is 366 g/mol. The van der Waals surface area contributed by atoms with E-state index in [0.717, 1.165) is 5.69 Å². The van der Waals surface area contributed by atoms with Gasteiger partial charge in [0.1, 0.15) is 0 Å². The highest BCUT2D eigenvalue weighted by molar-refractivity contribution is 6.82. The van der Waals surface area contributed by atoms with E-state index in [1.54, 1.807) is 6.07 Å². The van der Waals surface area contributed by atoms with Crippen LogP contribution in [0.1, 0.15) is 59.0 Å². The highest BCUT2D eigenvalue weighted by Crippen LogP contribution is 2.47. The van der Waals surface area contributed by atoms with Crippen molar-refractivity contribution in [2.45, 2.75) is 65.1 Å². The minimum Gasteiger partial charge on any atom is -0.493 e. The summed E-state index contributed by atoms with van der Waals surface area (Å²) in [6, 6.07) is 3.70. The molecule has 0 saturated carbocycles. The van der Waals surface area contributed by atoms with Crippen molar-refractivity contribution in [3.63, 3.8) is 0 Å². The Hall–Kier alpha value is -1.46. The van der Waals surface area contributed by atoms with Crippen molar-refractivity contribution in [2.75, 3.05) is 7.11 Å². The van der Waals surface area contributed by atoms with Gasteiger partial charge in [0.15, 0.2) is 25.5 Å². The SMILES string of the molecule is COc1cc(-c2c(Cl)ccn2[Si](C(C)C)(C(C)C)C(C)C)oc1C(C)=O. The summed E-state index contributed by atoms with van der Waals surface area (Å²) in [5.41, 5.74) is 2.37. The van der Waals surface area contributed by atoms with Crippen LogP contribution >= 0.6 is 11.6 Å². The third-order valence-corrected chi connectivity index (χ3v) is 12.6. The van der Waals surface area contributed by atoms with Crippen molar-refractivity contribution in [2.24, 2.45) is 0 Å². The van der Waals surface area contributed by atoms with Gasteiger partial charge in [0, 0.05) is 13.0 Å². The van der Waals surface area contributed by atoms with Crippen LogP contribution in [0.3, 0.4) is 0 Å². The standard InChI is InChI=1S/C20H30ClNO3Si/c1-12(2)26(13(3)4,14(5)6)22-10-9-16(21)19(22)17-11-18(24-8)20(25-17)15(7)23/h9-14H,1-8H3. The Bertz CT molecular complexity index is 767. The number of hydrogen-bond donors (Lipinski definition) is 0.